The predicted molar refractivity (Wildman–Crippen MR) is 72.0 cm³/mol. The summed E-state index contributed by atoms with van der Waals surface area (Å²) in [5.41, 5.74) is 1.10. The first kappa shape index (κ1) is 12.2. The summed E-state index contributed by atoms with van der Waals surface area (Å²) >= 11 is 6.30. The molecule has 2 atom stereocenters. The topological polar surface area (TPSA) is 25.4 Å². The van der Waals surface area contributed by atoms with E-state index in [-0.39, 0.29) is 0 Å². The maximum absolute atomic E-state index is 6.30. The highest BCUT2D eigenvalue weighted by Gasteiger charge is 2.39. The second kappa shape index (κ2) is 5.06. The molecule has 0 N–H and O–H groups in total. The molecule has 0 aromatic carbocycles. The van der Waals surface area contributed by atoms with Gasteiger partial charge in [0.2, 0.25) is 5.88 Å². The Morgan fingerprint density at radius 2 is 2.06 bits per heavy atom. The number of ether oxygens (including phenoxy) is 1. The third-order valence-corrected chi connectivity index (χ3v) is 4.52. The Morgan fingerprint density at radius 1 is 1.33 bits per heavy atom. The highest BCUT2D eigenvalue weighted by atomic mass is 35.5. The minimum atomic E-state index is 0.372. The van der Waals surface area contributed by atoms with Crippen LogP contribution in [0.4, 0.5) is 0 Å². The molecule has 0 radical (unpaired) electrons. The number of rotatable bonds is 3. The molecular formula is C14H19ClN2O. The van der Waals surface area contributed by atoms with Gasteiger partial charge in [0.05, 0.1) is 12.8 Å². The number of pyridine rings is 1. The van der Waals surface area contributed by atoms with Gasteiger partial charge in [-0.1, -0.05) is 6.07 Å². The Hall–Kier alpha value is -0.800. The molecule has 1 aromatic rings. The molecule has 98 valence electrons. The molecule has 0 saturated carbocycles. The lowest BCUT2D eigenvalue weighted by Crippen LogP contribution is -2.42. The molecule has 0 spiro atoms. The van der Waals surface area contributed by atoms with E-state index in [1.165, 1.54) is 12.8 Å². The number of nitrogens with zero attached hydrogens (tertiary/aromatic N) is 2. The monoisotopic (exact) mass is 266 g/mol. The van der Waals surface area contributed by atoms with Crippen molar-refractivity contribution in [3.05, 3.63) is 23.9 Å². The van der Waals surface area contributed by atoms with Gasteiger partial charge in [-0.15, -0.1) is 11.6 Å². The van der Waals surface area contributed by atoms with Gasteiger partial charge in [-0.05, 0) is 31.7 Å². The van der Waals surface area contributed by atoms with E-state index in [1.807, 2.05) is 12.1 Å². The van der Waals surface area contributed by atoms with Crippen LogP contribution in [0.15, 0.2) is 18.2 Å². The fourth-order valence-electron chi connectivity index (χ4n) is 3.31. The fraction of sp³-hybridized carbons (Fsp3) is 0.643. The number of halogens is 1. The third-order valence-electron chi connectivity index (χ3n) is 4.16. The zero-order valence-corrected chi connectivity index (χ0v) is 11.4. The van der Waals surface area contributed by atoms with Gasteiger partial charge in [0, 0.05) is 30.1 Å². The molecule has 3 nitrogen and oxygen atoms in total. The van der Waals surface area contributed by atoms with E-state index in [9.17, 15) is 0 Å². The minimum absolute atomic E-state index is 0.372. The van der Waals surface area contributed by atoms with Crippen LogP contribution in [0.2, 0.25) is 0 Å². The summed E-state index contributed by atoms with van der Waals surface area (Å²) in [6, 6.07) is 7.29. The zero-order chi connectivity index (χ0) is 12.5. The van der Waals surface area contributed by atoms with E-state index < -0.39 is 0 Å². The molecule has 2 unspecified atom stereocenters. The van der Waals surface area contributed by atoms with Crippen LogP contribution in [-0.2, 0) is 6.54 Å². The van der Waals surface area contributed by atoms with Gasteiger partial charge in [0.25, 0.3) is 0 Å². The van der Waals surface area contributed by atoms with Gasteiger partial charge < -0.3 is 4.74 Å². The number of aromatic nitrogens is 1. The highest BCUT2D eigenvalue weighted by Crippen LogP contribution is 2.38. The fourth-order valence-corrected chi connectivity index (χ4v) is 3.72. The van der Waals surface area contributed by atoms with Crippen LogP contribution in [0, 0.1) is 0 Å². The molecule has 2 bridgehead atoms. The summed E-state index contributed by atoms with van der Waals surface area (Å²) in [6.45, 7) is 0.927. The van der Waals surface area contributed by atoms with E-state index in [0.29, 0.717) is 23.3 Å². The van der Waals surface area contributed by atoms with Crippen LogP contribution < -0.4 is 4.74 Å². The SMILES string of the molecule is COc1cccc(CN2C3CCC2CC(Cl)C3)n1. The van der Waals surface area contributed by atoms with Crippen LogP contribution >= 0.6 is 11.6 Å². The molecule has 2 fully saturated rings. The maximum atomic E-state index is 6.30. The van der Waals surface area contributed by atoms with Gasteiger partial charge in [-0.3, -0.25) is 4.90 Å². The normalized spacial score (nSPS) is 31.6. The number of hydrogen-bond donors (Lipinski definition) is 0. The summed E-state index contributed by atoms with van der Waals surface area (Å²) in [5.74, 6) is 0.701. The van der Waals surface area contributed by atoms with Crippen LogP contribution in [0.1, 0.15) is 31.4 Å². The molecule has 3 heterocycles. The summed E-state index contributed by atoms with van der Waals surface area (Å²) < 4.78 is 5.18. The Bertz CT molecular complexity index is 412. The molecule has 1 aromatic heterocycles. The first-order valence-electron chi connectivity index (χ1n) is 6.66. The van der Waals surface area contributed by atoms with E-state index >= 15 is 0 Å². The lowest BCUT2D eigenvalue weighted by Gasteiger charge is -2.36. The second-order valence-electron chi connectivity index (χ2n) is 5.30. The zero-order valence-electron chi connectivity index (χ0n) is 10.7. The molecule has 18 heavy (non-hydrogen) atoms. The molecular weight excluding hydrogens is 248 g/mol. The lowest BCUT2D eigenvalue weighted by molar-refractivity contribution is 0.132. The molecule has 2 aliphatic rings. The molecule has 2 aliphatic heterocycles. The molecule has 3 rings (SSSR count). The summed E-state index contributed by atoms with van der Waals surface area (Å²) in [5, 5.41) is 0.372. The number of fused-ring (bicyclic) bond motifs is 2. The Morgan fingerprint density at radius 3 is 2.72 bits per heavy atom. The number of hydrogen-bond acceptors (Lipinski definition) is 3. The Balaban J connectivity index is 1.73. The van der Waals surface area contributed by atoms with Crippen molar-refractivity contribution in [2.75, 3.05) is 7.11 Å². The smallest absolute Gasteiger partial charge is 0.213 e. The number of alkyl halides is 1. The molecule has 4 heteroatoms. The molecule has 2 saturated heterocycles. The van der Waals surface area contributed by atoms with Crippen molar-refractivity contribution in [2.24, 2.45) is 0 Å². The molecule has 0 aliphatic carbocycles. The number of methoxy groups -OCH3 is 1. The van der Waals surface area contributed by atoms with Gasteiger partial charge in [0.15, 0.2) is 0 Å². The van der Waals surface area contributed by atoms with Crippen molar-refractivity contribution >= 4 is 11.6 Å². The first-order chi connectivity index (χ1) is 8.76. The predicted octanol–water partition coefficient (Wildman–Crippen LogP) is 2.82. The van der Waals surface area contributed by atoms with Crippen molar-refractivity contribution in [1.82, 2.24) is 9.88 Å². The van der Waals surface area contributed by atoms with Crippen molar-refractivity contribution < 1.29 is 4.74 Å². The molecule has 0 amide bonds. The Labute approximate surface area is 113 Å². The maximum Gasteiger partial charge on any atom is 0.213 e. The third kappa shape index (κ3) is 2.34. The second-order valence-corrected chi connectivity index (χ2v) is 5.91. The standard InChI is InChI=1S/C14H19ClN2O/c1-18-14-4-2-3-11(16-14)9-17-12-5-6-13(17)8-10(15)7-12/h2-4,10,12-13H,5-9H2,1H3. The first-order valence-corrected chi connectivity index (χ1v) is 7.09. The van der Waals surface area contributed by atoms with Gasteiger partial charge in [-0.2, -0.15) is 0 Å². The van der Waals surface area contributed by atoms with Crippen molar-refractivity contribution in [1.29, 1.82) is 0 Å². The summed E-state index contributed by atoms with van der Waals surface area (Å²) in [4.78, 5) is 7.09. The average molecular weight is 267 g/mol. The highest BCUT2D eigenvalue weighted by molar-refractivity contribution is 6.20. The van der Waals surface area contributed by atoms with Crippen molar-refractivity contribution in [3.8, 4) is 5.88 Å². The van der Waals surface area contributed by atoms with E-state index in [0.717, 1.165) is 25.1 Å². The van der Waals surface area contributed by atoms with Crippen molar-refractivity contribution in [3.63, 3.8) is 0 Å². The lowest BCUT2D eigenvalue weighted by atomic mass is 10.0. The summed E-state index contributed by atoms with van der Waals surface area (Å²) in [7, 11) is 1.66. The van der Waals surface area contributed by atoms with Gasteiger partial charge in [-0.25, -0.2) is 4.98 Å². The van der Waals surface area contributed by atoms with Crippen LogP contribution in [-0.4, -0.2) is 34.5 Å². The van der Waals surface area contributed by atoms with Gasteiger partial charge in [0.1, 0.15) is 0 Å². The average Bonchev–Trinajstić information content (AvgIpc) is 2.62. The Kier molecular flexibility index (Phi) is 3.44. The van der Waals surface area contributed by atoms with E-state index in [4.69, 9.17) is 16.3 Å². The van der Waals surface area contributed by atoms with Crippen LogP contribution in [0.5, 0.6) is 5.88 Å². The quantitative estimate of drug-likeness (QED) is 0.787. The van der Waals surface area contributed by atoms with Crippen LogP contribution in [0.3, 0.4) is 0 Å². The van der Waals surface area contributed by atoms with Gasteiger partial charge >= 0.3 is 0 Å². The van der Waals surface area contributed by atoms with Crippen LogP contribution in [0.25, 0.3) is 0 Å². The minimum Gasteiger partial charge on any atom is -0.481 e. The van der Waals surface area contributed by atoms with E-state index in [1.54, 1.807) is 7.11 Å². The summed E-state index contributed by atoms with van der Waals surface area (Å²) in [6.07, 6.45) is 4.83. The van der Waals surface area contributed by atoms with E-state index in [2.05, 4.69) is 16.0 Å². The number of piperidine rings is 1. The van der Waals surface area contributed by atoms with Crippen molar-refractivity contribution in [2.45, 2.75) is 49.7 Å². The largest absolute Gasteiger partial charge is 0.481 e.